The lowest BCUT2D eigenvalue weighted by Gasteiger charge is -2.16. The number of rotatable bonds is 10. The fourth-order valence-corrected chi connectivity index (χ4v) is 26.2. The summed E-state index contributed by atoms with van der Waals surface area (Å²) >= 11 is 5.60. The number of nitrogens with zero attached hydrogens (tertiary/aromatic N) is 7. The molecule has 0 unspecified atom stereocenters. The van der Waals surface area contributed by atoms with Crippen LogP contribution in [0.5, 0.6) is 0 Å². The molecule has 7 nitrogen and oxygen atoms in total. The van der Waals surface area contributed by atoms with E-state index in [0.717, 1.165) is 39.5 Å². The number of para-hydroxylation sites is 9. The van der Waals surface area contributed by atoms with Crippen molar-refractivity contribution >= 4 is 225 Å². The molecule has 0 N–H and O–H groups in total. The number of pyridine rings is 1. The smallest absolute Gasteiger partial charge is 0.0710 e. The van der Waals surface area contributed by atoms with Crippen LogP contribution in [0.15, 0.2) is 491 Å². The Morgan fingerprint density at radius 1 is 0.135 bits per heavy atom. The van der Waals surface area contributed by atoms with Gasteiger partial charge in [-0.15, -0.1) is 34.0 Å². The molecule has 658 valence electrons. The minimum absolute atomic E-state index is 0.976. The number of aromatic nitrogens is 7. The highest BCUT2D eigenvalue weighted by Crippen LogP contribution is 2.49. The van der Waals surface area contributed by atoms with Crippen LogP contribution in [0.2, 0.25) is 0 Å². The van der Waals surface area contributed by atoms with Crippen molar-refractivity contribution in [3.05, 3.63) is 491 Å². The van der Waals surface area contributed by atoms with Gasteiger partial charge in [0, 0.05) is 153 Å². The highest BCUT2D eigenvalue weighted by atomic mass is 32.1. The summed E-state index contributed by atoms with van der Waals surface area (Å²) in [5.41, 5.74) is 30.5. The van der Waals surface area contributed by atoms with Gasteiger partial charge in [-0.1, -0.05) is 322 Å². The van der Waals surface area contributed by atoms with E-state index in [1.54, 1.807) is 0 Å². The van der Waals surface area contributed by atoms with Crippen molar-refractivity contribution in [1.29, 1.82) is 0 Å². The molecule has 10 heterocycles. The summed E-state index contributed by atoms with van der Waals surface area (Å²) < 4.78 is 22.6. The van der Waals surface area contributed by atoms with Crippen LogP contribution >= 0.6 is 34.0 Å². The van der Waals surface area contributed by atoms with Crippen molar-refractivity contribution in [3.8, 4) is 78.9 Å². The summed E-state index contributed by atoms with van der Waals surface area (Å²) in [6.07, 6.45) is 0. The van der Waals surface area contributed by atoms with E-state index in [0.29, 0.717) is 0 Å². The maximum absolute atomic E-state index is 5.05. The first-order chi connectivity index (χ1) is 70.0. The fourth-order valence-electron chi connectivity index (χ4n) is 22.8. The van der Waals surface area contributed by atoms with Gasteiger partial charge in [0.05, 0.1) is 94.7 Å². The summed E-state index contributed by atoms with van der Waals surface area (Å²) in [5, 5.41) is 23.0. The van der Waals surface area contributed by atoms with Crippen molar-refractivity contribution < 1.29 is 0 Å². The molecule has 21 aromatic carbocycles. The van der Waals surface area contributed by atoms with Gasteiger partial charge in [-0.3, -0.25) is 0 Å². The Bertz CT molecular complexity index is 10300. The zero-order valence-electron chi connectivity index (χ0n) is 76.1. The van der Waals surface area contributed by atoms with Gasteiger partial charge in [0.1, 0.15) is 0 Å². The predicted molar refractivity (Wildman–Crippen MR) is 604 cm³/mol. The van der Waals surface area contributed by atoms with E-state index in [2.05, 4.69) is 513 Å². The minimum Gasteiger partial charge on any atom is -0.309 e. The van der Waals surface area contributed by atoms with Gasteiger partial charge in [-0.05, 0) is 192 Å². The van der Waals surface area contributed by atoms with Crippen LogP contribution in [0.1, 0.15) is 0 Å². The average molecular weight is 1850 g/mol. The first kappa shape index (κ1) is 80.5. The van der Waals surface area contributed by atoms with Gasteiger partial charge in [0.15, 0.2) is 0 Å². The second-order valence-electron chi connectivity index (χ2n) is 36.7. The molecule has 0 radical (unpaired) electrons. The lowest BCUT2D eigenvalue weighted by atomic mass is 10.0. The Balaban J connectivity index is 0.000000104. The minimum atomic E-state index is 0.976. The Hall–Kier alpha value is -17.8. The zero-order valence-corrected chi connectivity index (χ0v) is 78.6. The topological polar surface area (TPSA) is 42.5 Å². The van der Waals surface area contributed by atoms with Crippen molar-refractivity contribution in [2.45, 2.75) is 0 Å². The molecule has 141 heavy (non-hydrogen) atoms. The van der Waals surface area contributed by atoms with Crippen LogP contribution in [0, 0.1) is 0 Å². The van der Waals surface area contributed by atoms with Crippen LogP contribution in [0.25, 0.3) is 270 Å². The summed E-state index contributed by atoms with van der Waals surface area (Å²) in [4.78, 5) is 5.05. The van der Waals surface area contributed by atoms with Gasteiger partial charge in [0.25, 0.3) is 0 Å². The SMILES string of the molecule is c1cc(-c2ccc3c4ccccc4n(-c4cccc5sc6ccccc6c45)c3c2)cc(-n2c3ccccc3c3ccccc32)c1.c1ccc(-c2cccc(-c3ccc4c5ccccc5n(-c5cccc6sc7ccccc7c56)c4c3)n2)cc1.c1ccc2c(c1)sc1cccc(-n3c4ccccc4c4ccc(-c5cc(-n6c7ccccc7c7ccccc76)cc(-n6c7ccccc7c7ccccc76)c5)cc43)c12. The molecule has 10 heteroatoms. The van der Waals surface area contributed by atoms with E-state index in [1.165, 1.54) is 231 Å². The predicted octanol–water partition coefficient (Wildman–Crippen LogP) is 36.8. The van der Waals surface area contributed by atoms with E-state index >= 15 is 0 Å². The van der Waals surface area contributed by atoms with Crippen molar-refractivity contribution in [2.24, 2.45) is 0 Å². The molecule has 0 amide bonds. The summed E-state index contributed by atoms with van der Waals surface area (Å²) in [6.45, 7) is 0. The third kappa shape index (κ3) is 12.8. The van der Waals surface area contributed by atoms with E-state index < -0.39 is 0 Å². The first-order valence-corrected chi connectivity index (χ1v) is 50.5. The third-order valence-corrected chi connectivity index (χ3v) is 32.3. The monoisotopic (exact) mass is 1850 g/mol. The molecule has 31 rings (SSSR count). The van der Waals surface area contributed by atoms with E-state index in [9.17, 15) is 0 Å². The Morgan fingerprint density at radius 3 is 0.738 bits per heavy atom. The molecule has 0 saturated heterocycles. The van der Waals surface area contributed by atoms with Crippen molar-refractivity contribution in [1.82, 2.24) is 32.4 Å². The number of hydrogen-bond acceptors (Lipinski definition) is 4. The normalized spacial score (nSPS) is 12.0. The summed E-state index contributed by atoms with van der Waals surface area (Å²) in [7, 11) is 0. The van der Waals surface area contributed by atoms with Crippen LogP contribution in [0.4, 0.5) is 0 Å². The van der Waals surface area contributed by atoms with E-state index in [-0.39, 0.29) is 0 Å². The van der Waals surface area contributed by atoms with E-state index in [4.69, 9.17) is 4.98 Å². The van der Waals surface area contributed by atoms with Gasteiger partial charge in [-0.2, -0.15) is 0 Å². The Labute approximate surface area is 821 Å². The Morgan fingerprint density at radius 2 is 0.376 bits per heavy atom. The van der Waals surface area contributed by atoms with Gasteiger partial charge >= 0.3 is 0 Å². The molecular formula is C131H81N7S3. The second kappa shape index (κ2) is 32.5. The number of hydrogen-bond donors (Lipinski definition) is 0. The lowest BCUT2D eigenvalue weighted by Crippen LogP contribution is -2.00. The molecule has 10 aromatic heterocycles. The molecule has 0 fully saturated rings. The average Bonchev–Trinajstić information content (AvgIpc) is 1.56. The lowest BCUT2D eigenvalue weighted by molar-refractivity contribution is 1.13. The highest BCUT2D eigenvalue weighted by Gasteiger charge is 2.26. The molecule has 0 saturated carbocycles. The van der Waals surface area contributed by atoms with Crippen LogP contribution in [-0.2, 0) is 0 Å². The third-order valence-electron chi connectivity index (χ3n) is 28.9. The van der Waals surface area contributed by atoms with Crippen molar-refractivity contribution in [2.75, 3.05) is 0 Å². The number of thiophene rings is 3. The molecule has 0 aliphatic carbocycles. The van der Waals surface area contributed by atoms with Crippen LogP contribution in [0.3, 0.4) is 0 Å². The molecule has 0 aliphatic heterocycles. The highest BCUT2D eigenvalue weighted by molar-refractivity contribution is 7.26. The molecular weight excluding hydrogens is 1770 g/mol. The van der Waals surface area contributed by atoms with Gasteiger partial charge < -0.3 is 27.4 Å². The Kier molecular flexibility index (Phi) is 18.5. The molecule has 0 atom stereocenters. The van der Waals surface area contributed by atoms with Gasteiger partial charge in [0.2, 0.25) is 0 Å². The van der Waals surface area contributed by atoms with Crippen molar-refractivity contribution in [3.63, 3.8) is 0 Å². The molecule has 0 aliphatic rings. The second-order valence-corrected chi connectivity index (χ2v) is 39.9. The van der Waals surface area contributed by atoms with E-state index in [1.807, 2.05) is 40.1 Å². The first-order valence-electron chi connectivity index (χ1n) is 48.0. The standard InChI is InChI=1S/C54H33N3S.C42H26N2S.C35H22N2S/c1-7-20-45-38(14-1)39-15-2-8-21-46(39)55(45)36-30-35(31-37(33-36)56-47-22-9-3-16-40(47)41-17-4-10-23-48(41)56)34-28-29-43-42-18-5-11-24-49(42)57(51(43)32-34)50-25-13-27-53-54(50)44-19-6-12-26-52(44)58-53;1-5-17-35-30(13-1)31-14-2-6-18-36(31)43(35)29-12-9-11-27(25-29)28-23-24-33-32-15-3-7-19-37(32)44(39(33)26-28)38-20-10-22-41-42(38)34-16-4-8-21-40(34)45-41;1-2-10-23(11-3-1)28-14-8-15-29(36-28)24-20-21-26-25-12-4-6-16-30(25)37(32(26)22-24)31-17-9-19-34-35(31)27-13-5-7-18-33(27)38-34/h1-33H;1-26H;1-22H. The summed E-state index contributed by atoms with van der Waals surface area (Å²) in [5.74, 6) is 0. The molecule has 0 spiro atoms. The largest absolute Gasteiger partial charge is 0.309 e. The van der Waals surface area contributed by atoms with Crippen LogP contribution < -0.4 is 0 Å². The summed E-state index contributed by atoms with van der Waals surface area (Å²) in [6, 6.07) is 179. The van der Waals surface area contributed by atoms with Crippen LogP contribution in [-0.4, -0.2) is 32.4 Å². The maximum Gasteiger partial charge on any atom is 0.0710 e. The maximum atomic E-state index is 5.05. The van der Waals surface area contributed by atoms with Gasteiger partial charge in [-0.25, -0.2) is 4.98 Å². The molecule has 0 bridgehead atoms. The molecule has 31 aromatic rings. The zero-order chi connectivity index (χ0) is 92.4. The fraction of sp³-hybridized carbons (Fsp3) is 0. The number of benzene rings is 21. The quantitative estimate of drug-likeness (QED) is 0.135. The number of fused-ring (bicyclic) bond motifs is 27.